The quantitative estimate of drug-likeness (QED) is 0.450. The van der Waals surface area contributed by atoms with Crippen molar-refractivity contribution in [3.05, 3.63) is 108 Å². The summed E-state index contributed by atoms with van der Waals surface area (Å²) in [5.41, 5.74) is 3.43. The van der Waals surface area contributed by atoms with E-state index in [1.165, 1.54) is 0 Å². The molecule has 0 spiro atoms. The average Bonchev–Trinajstić information content (AvgIpc) is 2.67. The van der Waals surface area contributed by atoms with E-state index in [2.05, 4.69) is 0 Å². The van der Waals surface area contributed by atoms with Gasteiger partial charge in [-0.1, -0.05) is 66.7 Å². The Bertz CT molecular complexity index is 784. The second kappa shape index (κ2) is 7.42. The van der Waals surface area contributed by atoms with Gasteiger partial charge in [-0.25, -0.2) is 0 Å². The summed E-state index contributed by atoms with van der Waals surface area (Å²) < 4.78 is 0. The topological polar surface area (TPSA) is 20.3 Å². The second-order valence-electron chi connectivity index (χ2n) is 5.55. The van der Waals surface area contributed by atoms with Crippen LogP contribution in [0.1, 0.15) is 17.3 Å². The van der Waals surface area contributed by atoms with Crippen LogP contribution in [0.25, 0.3) is 0 Å². The van der Waals surface area contributed by atoms with Crippen LogP contribution < -0.4 is 4.90 Å². The zero-order chi connectivity index (χ0) is 16.8. The lowest BCUT2D eigenvalue weighted by Gasteiger charge is -2.21. The van der Waals surface area contributed by atoms with Gasteiger partial charge in [0.1, 0.15) is 0 Å². The molecule has 0 atom stereocenters. The smallest absolute Gasteiger partial charge is 0.190 e. The highest BCUT2D eigenvalue weighted by atomic mass is 16.1. The number of hydrogen-bond acceptors (Lipinski definition) is 2. The van der Waals surface area contributed by atoms with Crippen LogP contribution in [0.2, 0.25) is 0 Å². The fourth-order valence-corrected chi connectivity index (χ4v) is 2.54. The normalized spacial score (nSPS) is 11.1. The zero-order valence-electron chi connectivity index (χ0n) is 13.6. The summed E-state index contributed by atoms with van der Waals surface area (Å²) >= 11 is 0. The van der Waals surface area contributed by atoms with E-state index in [1.807, 2.05) is 109 Å². The van der Waals surface area contributed by atoms with E-state index in [9.17, 15) is 4.79 Å². The van der Waals surface area contributed by atoms with Gasteiger partial charge in [0.25, 0.3) is 0 Å². The molecule has 0 heterocycles. The van der Waals surface area contributed by atoms with Crippen molar-refractivity contribution in [3.63, 3.8) is 0 Å². The molecular formula is C22H19NO. The molecule has 2 nitrogen and oxygen atoms in total. The van der Waals surface area contributed by atoms with Gasteiger partial charge in [0.2, 0.25) is 0 Å². The fourth-order valence-electron chi connectivity index (χ4n) is 2.54. The first-order valence-corrected chi connectivity index (χ1v) is 7.93. The molecule has 3 aromatic rings. The molecular weight excluding hydrogens is 294 g/mol. The largest absolute Gasteiger partial charge is 0.317 e. The molecule has 0 amide bonds. The molecule has 0 aromatic heterocycles. The van der Waals surface area contributed by atoms with Crippen molar-refractivity contribution >= 4 is 17.2 Å². The van der Waals surface area contributed by atoms with Crippen molar-refractivity contribution in [2.45, 2.75) is 6.92 Å². The Kier molecular flexibility index (Phi) is 4.87. The van der Waals surface area contributed by atoms with Gasteiger partial charge in [-0.15, -0.1) is 0 Å². The van der Waals surface area contributed by atoms with Gasteiger partial charge in [-0.3, -0.25) is 4.79 Å². The lowest BCUT2D eigenvalue weighted by atomic mass is 10.1. The van der Waals surface area contributed by atoms with Crippen molar-refractivity contribution in [3.8, 4) is 0 Å². The predicted octanol–water partition coefficient (Wildman–Crippen LogP) is 5.61. The minimum Gasteiger partial charge on any atom is -0.317 e. The Morgan fingerprint density at radius 2 is 1.12 bits per heavy atom. The van der Waals surface area contributed by atoms with Gasteiger partial charge in [-0.05, 0) is 31.2 Å². The van der Waals surface area contributed by atoms with E-state index in [1.54, 1.807) is 0 Å². The Morgan fingerprint density at radius 1 is 0.708 bits per heavy atom. The number of nitrogens with zero attached hydrogens (tertiary/aromatic N) is 1. The Morgan fingerprint density at radius 3 is 1.58 bits per heavy atom. The zero-order valence-corrected chi connectivity index (χ0v) is 13.6. The maximum atomic E-state index is 12.6. The summed E-state index contributed by atoms with van der Waals surface area (Å²) in [6, 6.07) is 29.4. The molecule has 118 valence electrons. The number of anilines is 2. The van der Waals surface area contributed by atoms with Crippen molar-refractivity contribution in [2.24, 2.45) is 0 Å². The highest BCUT2D eigenvalue weighted by molar-refractivity contribution is 6.08. The third-order valence-corrected chi connectivity index (χ3v) is 3.79. The number of para-hydroxylation sites is 2. The van der Waals surface area contributed by atoms with Crippen LogP contribution in [0.15, 0.2) is 103 Å². The molecule has 0 unspecified atom stereocenters. The molecule has 24 heavy (non-hydrogen) atoms. The summed E-state index contributed by atoms with van der Waals surface area (Å²) in [6.45, 7) is 1.86. The van der Waals surface area contributed by atoms with Crippen LogP contribution in [0.5, 0.6) is 0 Å². The molecule has 2 heteroatoms. The Labute approximate surface area is 142 Å². The number of benzene rings is 3. The first-order chi connectivity index (χ1) is 11.8. The van der Waals surface area contributed by atoms with Crippen molar-refractivity contribution in [1.82, 2.24) is 0 Å². The number of ketones is 1. The Balaban J connectivity index is 1.99. The fraction of sp³-hybridized carbons (Fsp3) is 0.0455. The number of Topliss-reactive ketones (excluding diaryl/α,β-unsaturated/α-hetero) is 1. The molecule has 0 saturated carbocycles. The third kappa shape index (κ3) is 3.61. The first kappa shape index (κ1) is 15.8. The summed E-state index contributed by atoms with van der Waals surface area (Å²) in [6.07, 6.45) is 1.90. The maximum Gasteiger partial charge on any atom is 0.190 e. The van der Waals surface area contributed by atoms with E-state index >= 15 is 0 Å². The summed E-state index contributed by atoms with van der Waals surface area (Å²) in [4.78, 5) is 14.7. The second-order valence-corrected chi connectivity index (χ2v) is 5.55. The molecule has 3 aromatic carbocycles. The van der Waals surface area contributed by atoms with Crippen LogP contribution in [0.4, 0.5) is 11.4 Å². The van der Waals surface area contributed by atoms with E-state index in [-0.39, 0.29) is 5.78 Å². The maximum absolute atomic E-state index is 12.6. The van der Waals surface area contributed by atoms with E-state index < -0.39 is 0 Å². The predicted molar refractivity (Wildman–Crippen MR) is 99.6 cm³/mol. The molecule has 0 aliphatic rings. The molecule has 0 radical (unpaired) electrons. The standard InChI is InChI=1S/C22H19NO/c1-18(22(24)19-11-5-2-6-12-19)17-23(20-13-7-3-8-14-20)21-15-9-4-10-16-21/h2-17H,1H3. The molecule has 3 rings (SSSR count). The van der Waals surface area contributed by atoms with Gasteiger partial charge in [0, 0.05) is 28.7 Å². The van der Waals surface area contributed by atoms with Crippen LogP contribution >= 0.6 is 0 Å². The minimum atomic E-state index is 0.0347. The highest BCUT2D eigenvalue weighted by Gasteiger charge is 2.11. The number of carbonyl (C=O) groups is 1. The SMILES string of the molecule is CC(=CN(c1ccccc1)c1ccccc1)C(=O)c1ccccc1. The Hall–Kier alpha value is -3.13. The van der Waals surface area contributed by atoms with Gasteiger partial charge < -0.3 is 4.90 Å². The molecule has 0 bridgehead atoms. The lowest BCUT2D eigenvalue weighted by Crippen LogP contribution is -2.12. The van der Waals surface area contributed by atoms with Crippen LogP contribution in [0, 0.1) is 0 Å². The number of carbonyl (C=O) groups excluding carboxylic acids is 1. The van der Waals surface area contributed by atoms with E-state index in [0.717, 1.165) is 11.4 Å². The van der Waals surface area contributed by atoms with Gasteiger partial charge in [-0.2, -0.15) is 0 Å². The van der Waals surface area contributed by atoms with Crippen LogP contribution in [-0.4, -0.2) is 5.78 Å². The van der Waals surface area contributed by atoms with E-state index in [0.29, 0.717) is 11.1 Å². The van der Waals surface area contributed by atoms with Crippen molar-refractivity contribution in [1.29, 1.82) is 0 Å². The van der Waals surface area contributed by atoms with E-state index in [4.69, 9.17) is 0 Å². The lowest BCUT2D eigenvalue weighted by molar-refractivity contribution is 0.103. The van der Waals surface area contributed by atoms with Gasteiger partial charge >= 0.3 is 0 Å². The molecule has 0 fully saturated rings. The summed E-state index contributed by atoms with van der Waals surface area (Å²) in [5, 5.41) is 0. The third-order valence-electron chi connectivity index (χ3n) is 3.79. The highest BCUT2D eigenvalue weighted by Crippen LogP contribution is 2.26. The van der Waals surface area contributed by atoms with Gasteiger partial charge in [0.05, 0.1) is 0 Å². The summed E-state index contributed by atoms with van der Waals surface area (Å²) in [7, 11) is 0. The summed E-state index contributed by atoms with van der Waals surface area (Å²) in [5.74, 6) is 0.0347. The molecule has 0 saturated heterocycles. The van der Waals surface area contributed by atoms with Crippen LogP contribution in [0.3, 0.4) is 0 Å². The molecule has 0 aliphatic carbocycles. The number of rotatable bonds is 5. The minimum absolute atomic E-state index is 0.0347. The monoisotopic (exact) mass is 313 g/mol. The van der Waals surface area contributed by atoms with Gasteiger partial charge in [0.15, 0.2) is 5.78 Å². The molecule has 0 N–H and O–H groups in total. The molecule has 0 aliphatic heterocycles. The van der Waals surface area contributed by atoms with Crippen molar-refractivity contribution in [2.75, 3.05) is 4.90 Å². The first-order valence-electron chi connectivity index (χ1n) is 7.93. The van der Waals surface area contributed by atoms with Crippen molar-refractivity contribution < 1.29 is 4.79 Å². The average molecular weight is 313 g/mol. The van der Waals surface area contributed by atoms with Crippen LogP contribution in [-0.2, 0) is 0 Å². The number of hydrogen-bond donors (Lipinski definition) is 0. The number of allylic oxidation sites excluding steroid dienone is 1.